The Morgan fingerprint density at radius 2 is 2.05 bits per heavy atom. The van der Waals surface area contributed by atoms with Crippen LogP contribution in [0.1, 0.15) is 22.3 Å². The fourth-order valence-electron chi connectivity index (χ4n) is 2.41. The number of hydrazine groups is 1. The van der Waals surface area contributed by atoms with Gasteiger partial charge in [-0.05, 0) is 50.7 Å². The zero-order valence-corrected chi connectivity index (χ0v) is 11.6. The number of amides is 1. The van der Waals surface area contributed by atoms with Crippen LogP contribution in [0.2, 0.25) is 0 Å². The highest BCUT2D eigenvalue weighted by Crippen LogP contribution is 2.17. The van der Waals surface area contributed by atoms with Crippen LogP contribution in [0.5, 0.6) is 0 Å². The van der Waals surface area contributed by atoms with Gasteiger partial charge in [0, 0.05) is 30.9 Å². The van der Waals surface area contributed by atoms with E-state index in [-0.39, 0.29) is 5.91 Å². The van der Waals surface area contributed by atoms with Gasteiger partial charge in [0.15, 0.2) is 0 Å². The molecule has 1 heterocycles. The van der Waals surface area contributed by atoms with Crippen LogP contribution in [0.25, 0.3) is 0 Å². The molecule has 104 valence electrons. The minimum Gasteiger partial charge on any atom is -0.337 e. The lowest BCUT2D eigenvalue weighted by molar-refractivity contribution is 0.0762. The topological polar surface area (TPSA) is 61.6 Å². The SMILES string of the molecule is Cc1cc(NN)ccc1C(=O)N1CCCN(C)CC1. The van der Waals surface area contributed by atoms with Gasteiger partial charge in [-0.2, -0.15) is 0 Å². The highest BCUT2D eigenvalue weighted by Gasteiger charge is 2.20. The lowest BCUT2D eigenvalue weighted by atomic mass is 10.1. The van der Waals surface area contributed by atoms with Crippen molar-refractivity contribution in [3.63, 3.8) is 0 Å². The molecule has 1 aliphatic rings. The number of likely N-dealkylation sites (N-methyl/N-ethyl adjacent to an activating group) is 1. The van der Waals surface area contributed by atoms with Crippen molar-refractivity contribution in [2.45, 2.75) is 13.3 Å². The van der Waals surface area contributed by atoms with Crippen molar-refractivity contribution in [3.05, 3.63) is 29.3 Å². The van der Waals surface area contributed by atoms with Gasteiger partial charge in [-0.1, -0.05) is 0 Å². The van der Waals surface area contributed by atoms with Gasteiger partial charge in [-0.3, -0.25) is 10.6 Å². The van der Waals surface area contributed by atoms with Crippen molar-refractivity contribution < 1.29 is 4.79 Å². The van der Waals surface area contributed by atoms with E-state index in [1.165, 1.54) is 0 Å². The third kappa shape index (κ3) is 3.24. The number of carbonyl (C=O) groups is 1. The van der Waals surface area contributed by atoms with Crippen LogP contribution in [0.4, 0.5) is 5.69 Å². The molecule has 0 aromatic heterocycles. The predicted molar refractivity (Wildman–Crippen MR) is 77.0 cm³/mol. The van der Waals surface area contributed by atoms with Gasteiger partial charge in [0.25, 0.3) is 5.91 Å². The molecule has 3 N–H and O–H groups in total. The number of nitrogens with two attached hydrogens (primary N) is 1. The van der Waals surface area contributed by atoms with Crippen LogP contribution >= 0.6 is 0 Å². The van der Waals surface area contributed by atoms with Crippen LogP contribution in [-0.4, -0.2) is 48.9 Å². The van der Waals surface area contributed by atoms with Crippen molar-refractivity contribution >= 4 is 11.6 Å². The Kier molecular flexibility index (Phi) is 4.39. The van der Waals surface area contributed by atoms with E-state index in [1.807, 2.05) is 30.0 Å². The highest BCUT2D eigenvalue weighted by atomic mass is 16.2. The van der Waals surface area contributed by atoms with Crippen LogP contribution < -0.4 is 11.3 Å². The molecule has 0 atom stereocenters. The number of hydrogen-bond acceptors (Lipinski definition) is 4. The van der Waals surface area contributed by atoms with Crippen molar-refractivity contribution in [3.8, 4) is 0 Å². The molecule has 2 rings (SSSR count). The average Bonchev–Trinajstić information content (AvgIpc) is 2.62. The maximum absolute atomic E-state index is 12.5. The first-order chi connectivity index (χ1) is 9.11. The zero-order valence-electron chi connectivity index (χ0n) is 11.6. The Bertz CT molecular complexity index is 461. The summed E-state index contributed by atoms with van der Waals surface area (Å²) in [7, 11) is 2.10. The van der Waals surface area contributed by atoms with Gasteiger partial charge in [0.1, 0.15) is 0 Å². The number of nitrogen functional groups attached to an aromatic ring is 1. The lowest BCUT2D eigenvalue weighted by Crippen LogP contribution is -2.34. The first-order valence-corrected chi connectivity index (χ1v) is 6.67. The molecule has 1 amide bonds. The van der Waals surface area contributed by atoms with E-state index in [1.54, 1.807) is 0 Å². The molecule has 5 heteroatoms. The second-order valence-corrected chi connectivity index (χ2v) is 5.12. The number of benzene rings is 1. The number of aryl methyl sites for hydroxylation is 1. The average molecular weight is 262 g/mol. The molecule has 1 aliphatic heterocycles. The summed E-state index contributed by atoms with van der Waals surface area (Å²) in [6, 6.07) is 5.59. The number of anilines is 1. The summed E-state index contributed by atoms with van der Waals surface area (Å²) in [5.41, 5.74) is 5.15. The van der Waals surface area contributed by atoms with E-state index >= 15 is 0 Å². The molecular weight excluding hydrogens is 240 g/mol. The monoisotopic (exact) mass is 262 g/mol. The molecule has 5 nitrogen and oxygen atoms in total. The number of hydrogen-bond donors (Lipinski definition) is 2. The third-order valence-electron chi connectivity index (χ3n) is 3.63. The lowest BCUT2D eigenvalue weighted by Gasteiger charge is -2.21. The second-order valence-electron chi connectivity index (χ2n) is 5.12. The molecule has 0 spiro atoms. The minimum absolute atomic E-state index is 0.122. The van der Waals surface area contributed by atoms with E-state index in [2.05, 4.69) is 17.4 Å². The van der Waals surface area contributed by atoms with Crippen LogP contribution in [0, 0.1) is 6.92 Å². The van der Waals surface area contributed by atoms with E-state index in [9.17, 15) is 4.79 Å². The Balaban J connectivity index is 2.14. The Morgan fingerprint density at radius 1 is 1.26 bits per heavy atom. The van der Waals surface area contributed by atoms with Crippen LogP contribution in [0.3, 0.4) is 0 Å². The van der Waals surface area contributed by atoms with E-state index in [0.717, 1.165) is 49.4 Å². The largest absolute Gasteiger partial charge is 0.337 e. The van der Waals surface area contributed by atoms with Gasteiger partial charge in [0.05, 0.1) is 0 Å². The molecular formula is C14H22N4O. The fourth-order valence-corrected chi connectivity index (χ4v) is 2.41. The minimum atomic E-state index is 0.122. The third-order valence-corrected chi connectivity index (χ3v) is 3.63. The zero-order chi connectivity index (χ0) is 13.8. The summed E-state index contributed by atoms with van der Waals surface area (Å²) in [4.78, 5) is 16.7. The Morgan fingerprint density at radius 3 is 2.74 bits per heavy atom. The summed E-state index contributed by atoms with van der Waals surface area (Å²) in [6.45, 7) is 5.56. The predicted octanol–water partition coefficient (Wildman–Crippen LogP) is 1.06. The smallest absolute Gasteiger partial charge is 0.254 e. The molecule has 1 aromatic carbocycles. The standard InChI is InChI=1S/C14H22N4O/c1-11-10-12(16-15)4-5-13(11)14(19)18-7-3-6-17(2)8-9-18/h4-5,10,16H,3,6-9,15H2,1-2H3. The molecule has 0 aliphatic carbocycles. The Hall–Kier alpha value is -1.59. The molecule has 1 fully saturated rings. The van der Waals surface area contributed by atoms with Gasteiger partial charge < -0.3 is 15.2 Å². The summed E-state index contributed by atoms with van der Waals surface area (Å²) in [6.07, 6.45) is 1.03. The van der Waals surface area contributed by atoms with Gasteiger partial charge in [-0.25, -0.2) is 0 Å². The molecule has 1 saturated heterocycles. The van der Waals surface area contributed by atoms with Gasteiger partial charge in [0.2, 0.25) is 0 Å². The van der Waals surface area contributed by atoms with E-state index in [4.69, 9.17) is 5.84 Å². The quantitative estimate of drug-likeness (QED) is 0.618. The van der Waals surface area contributed by atoms with Gasteiger partial charge in [-0.15, -0.1) is 0 Å². The normalized spacial score (nSPS) is 17.1. The summed E-state index contributed by atoms with van der Waals surface area (Å²) >= 11 is 0. The van der Waals surface area contributed by atoms with Crippen molar-refractivity contribution in [1.29, 1.82) is 0 Å². The second kappa shape index (κ2) is 6.04. The number of nitrogens with zero attached hydrogens (tertiary/aromatic N) is 2. The number of nitrogens with one attached hydrogen (secondary N) is 1. The summed E-state index contributed by atoms with van der Waals surface area (Å²) in [5, 5.41) is 0. The number of carbonyl (C=O) groups excluding carboxylic acids is 1. The van der Waals surface area contributed by atoms with E-state index < -0.39 is 0 Å². The summed E-state index contributed by atoms with van der Waals surface area (Å²) < 4.78 is 0. The molecule has 0 radical (unpaired) electrons. The molecule has 1 aromatic rings. The van der Waals surface area contributed by atoms with Crippen molar-refractivity contribution in [2.24, 2.45) is 5.84 Å². The Labute approximate surface area is 114 Å². The van der Waals surface area contributed by atoms with Crippen molar-refractivity contribution in [2.75, 3.05) is 38.7 Å². The molecule has 0 saturated carbocycles. The maximum atomic E-state index is 12.5. The molecule has 19 heavy (non-hydrogen) atoms. The fraction of sp³-hybridized carbons (Fsp3) is 0.500. The first-order valence-electron chi connectivity index (χ1n) is 6.67. The molecule has 0 bridgehead atoms. The van der Waals surface area contributed by atoms with Gasteiger partial charge >= 0.3 is 0 Å². The highest BCUT2D eigenvalue weighted by molar-refractivity contribution is 5.96. The number of rotatable bonds is 2. The molecule has 0 unspecified atom stereocenters. The first kappa shape index (κ1) is 13.8. The van der Waals surface area contributed by atoms with Crippen LogP contribution in [-0.2, 0) is 0 Å². The van der Waals surface area contributed by atoms with Crippen LogP contribution in [0.15, 0.2) is 18.2 Å². The van der Waals surface area contributed by atoms with Crippen molar-refractivity contribution in [1.82, 2.24) is 9.80 Å². The maximum Gasteiger partial charge on any atom is 0.254 e. The van der Waals surface area contributed by atoms with E-state index in [0.29, 0.717) is 0 Å². The summed E-state index contributed by atoms with van der Waals surface area (Å²) in [5.74, 6) is 5.49.